The molecule has 0 spiro atoms. The van der Waals surface area contributed by atoms with Crippen LogP contribution in [0.1, 0.15) is 36.9 Å². The van der Waals surface area contributed by atoms with Crippen LogP contribution in [0, 0.1) is 0 Å². The molecule has 1 aliphatic carbocycles. The van der Waals surface area contributed by atoms with Crippen LogP contribution in [0.4, 0.5) is 5.13 Å². The molecule has 12 nitrogen and oxygen atoms in total. The van der Waals surface area contributed by atoms with Gasteiger partial charge in [0, 0.05) is 44.8 Å². The third kappa shape index (κ3) is 6.66. The fourth-order valence-corrected chi connectivity index (χ4v) is 8.63. The summed E-state index contributed by atoms with van der Waals surface area (Å²) in [6, 6.07) is 0.888. The van der Waals surface area contributed by atoms with Crippen LogP contribution in [0.25, 0.3) is 0 Å². The van der Waals surface area contributed by atoms with Gasteiger partial charge in [-0.3, -0.25) is 19.5 Å². The molecule has 1 saturated heterocycles. The van der Waals surface area contributed by atoms with Crippen LogP contribution in [-0.2, 0) is 25.0 Å². The first-order chi connectivity index (χ1) is 19.9. The maximum Gasteiger partial charge on any atom is 0.276 e. The summed E-state index contributed by atoms with van der Waals surface area (Å²) in [5, 5.41) is 20.3. The van der Waals surface area contributed by atoms with Gasteiger partial charge in [-0.25, -0.2) is 4.98 Å². The zero-order chi connectivity index (χ0) is 28.9. The van der Waals surface area contributed by atoms with Gasteiger partial charge < -0.3 is 31.5 Å². The Labute approximate surface area is 253 Å². The van der Waals surface area contributed by atoms with E-state index >= 15 is 0 Å². The van der Waals surface area contributed by atoms with Gasteiger partial charge in [0.15, 0.2) is 10.8 Å². The lowest BCUT2D eigenvalue weighted by Gasteiger charge is -2.50. The summed E-state index contributed by atoms with van der Waals surface area (Å²) in [6.45, 7) is 0.804. The molecule has 2 aliphatic heterocycles. The molecular weight excluding hydrogens is 607 g/mol. The number of amides is 2. The Kier molecular flexibility index (Phi) is 9.75. The van der Waals surface area contributed by atoms with Crippen LogP contribution in [0.2, 0.25) is 0 Å². The van der Waals surface area contributed by atoms with E-state index in [2.05, 4.69) is 26.2 Å². The molecule has 2 atom stereocenters. The lowest BCUT2D eigenvalue weighted by molar-refractivity contribution is -0.360. The quantitative estimate of drug-likeness (QED) is 0.127. The normalized spacial score (nSPS) is 21.0. The highest BCUT2D eigenvalue weighted by Gasteiger charge is 2.53. The molecule has 2 amide bonds. The summed E-state index contributed by atoms with van der Waals surface area (Å²) in [5.41, 5.74) is 10.6. The van der Waals surface area contributed by atoms with E-state index in [9.17, 15) is 19.5 Å². The first-order valence-electron chi connectivity index (χ1n) is 13.0. The summed E-state index contributed by atoms with van der Waals surface area (Å²) in [6.07, 6.45) is 7.09. The number of fused-ring (bicyclic) bond motifs is 1. The van der Waals surface area contributed by atoms with E-state index < -0.39 is 29.2 Å². The standard InChI is InChI=1S/C25H29N7O5S4/c26-6-8-38-10-13-9-28-7-5-16(13)41-17-12-39-23-19(22(34)32(23)20(17)24(35)36)30-21(33)18(15-11-40-25(27)29-15)31-37-14-3-1-2-4-14/h5,7,9,11,14,19,23H,1-4,6,8,10,12,26H2,(H2,27,29)(H,30,33)(H,35,36)/b31-18-/t19-,23-/m1/s1. The molecule has 2 fully saturated rings. The van der Waals surface area contributed by atoms with Gasteiger partial charge in [0.05, 0.1) is 18.2 Å². The fourth-order valence-electron chi connectivity index (χ4n) is 4.63. The van der Waals surface area contributed by atoms with E-state index in [0.717, 1.165) is 59.8 Å². The SMILES string of the molecule is Nc1nc(/C(=N/OC2CCCC2)C(=O)N[C@@H]2C(=O)N3C(C(=O)[O-])=C(Sc4ccncc4CSCC[NH3+])CS[C@H]23)cs1. The topological polar surface area (TPSA) is 191 Å². The molecular formula is C25H29N7O5S4. The third-order valence-electron chi connectivity index (χ3n) is 6.63. The summed E-state index contributed by atoms with van der Waals surface area (Å²) < 4.78 is 0. The Morgan fingerprint density at radius 3 is 2.85 bits per heavy atom. The molecule has 2 aromatic rings. The van der Waals surface area contributed by atoms with Crippen molar-refractivity contribution >= 4 is 75.2 Å². The number of carbonyl (C=O) groups is 3. The molecule has 3 aliphatic rings. The Bertz CT molecular complexity index is 1380. The molecule has 0 aromatic carbocycles. The smallest absolute Gasteiger partial charge is 0.276 e. The highest BCUT2D eigenvalue weighted by Crippen LogP contribution is 2.45. The second-order valence-electron chi connectivity index (χ2n) is 9.43. The van der Waals surface area contributed by atoms with Crippen molar-refractivity contribution in [2.45, 2.75) is 53.9 Å². The van der Waals surface area contributed by atoms with Crippen LogP contribution in [0.3, 0.4) is 0 Å². The lowest BCUT2D eigenvalue weighted by Crippen LogP contribution is -2.71. The fraction of sp³-hybridized carbons (Fsp3) is 0.440. The van der Waals surface area contributed by atoms with Crippen molar-refractivity contribution in [2.24, 2.45) is 5.16 Å². The van der Waals surface area contributed by atoms with Crippen LogP contribution in [0.15, 0.2) is 44.5 Å². The van der Waals surface area contributed by atoms with E-state index in [1.54, 1.807) is 29.5 Å². The predicted octanol–water partition coefficient (Wildman–Crippen LogP) is 0.412. The Hall–Kier alpha value is -2.79. The van der Waals surface area contributed by atoms with Crippen molar-refractivity contribution in [3.8, 4) is 0 Å². The van der Waals surface area contributed by atoms with E-state index in [1.165, 1.54) is 28.4 Å². The minimum Gasteiger partial charge on any atom is -0.543 e. The average molecular weight is 636 g/mol. The number of oxime groups is 1. The van der Waals surface area contributed by atoms with Crippen LogP contribution in [-0.4, -0.2) is 73.9 Å². The number of hydrogen-bond donors (Lipinski definition) is 3. The summed E-state index contributed by atoms with van der Waals surface area (Å²) >= 11 is 5.55. The van der Waals surface area contributed by atoms with Gasteiger partial charge in [-0.2, -0.15) is 11.8 Å². The van der Waals surface area contributed by atoms with Crippen LogP contribution >= 0.6 is 46.6 Å². The number of aromatic nitrogens is 2. The molecule has 1 saturated carbocycles. The number of carboxylic acid groups (broad SMARTS) is 1. The molecule has 0 unspecified atom stereocenters. The Morgan fingerprint density at radius 1 is 1.34 bits per heavy atom. The van der Waals surface area contributed by atoms with Gasteiger partial charge in [-0.05, 0) is 37.3 Å². The number of pyridine rings is 1. The first kappa shape index (κ1) is 29.7. The molecule has 2 aromatic heterocycles. The summed E-state index contributed by atoms with van der Waals surface area (Å²) in [4.78, 5) is 55.4. The number of nitrogen functional groups attached to an aromatic ring is 1. The molecule has 5 rings (SSSR count). The number of rotatable bonds is 12. The number of anilines is 1. The van der Waals surface area contributed by atoms with Crippen molar-refractivity contribution in [3.63, 3.8) is 0 Å². The molecule has 6 N–H and O–H groups in total. The van der Waals surface area contributed by atoms with E-state index in [0.29, 0.717) is 16.4 Å². The van der Waals surface area contributed by atoms with Gasteiger partial charge in [0.2, 0.25) is 0 Å². The molecule has 16 heteroatoms. The summed E-state index contributed by atoms with van der Waals surface area (Å²) in [7, 11) is 0. The monoisotopic (exact) mass is 635 g/mol. The van der Waals surface area contributed by atoms with Crippen molar-refractivity contribution in [1.82, 2.24) is 20.2 Å². The number of carbonyl (C=O) groups excluding carboxylic acids is 3. The van der Waals surface area contributed by atoms with E-state index in [1.807, 2.05) is 6.07 Å². The van der Waals surface area contributed by atoms with Crippen molar-refractivity contribution in [3.05, 3.63) is 45.7 Å². The van der Waals surface area contributed by atoms with Crippen molar-refractivity contribution in [2.75, 3.05) is 23.8 Å². The van der Waals surface area contributed by atoms with Gasteiger partial charge in [-0.1, -0.05) is 16.9 Å². The number of thioether (sulfide) groups is 3. The number of nitrogens with one attached hydrogen (secondary N) is 1. The molecule has 218 valence electrons. The highest BCUT2D eigenvalue weighted by atomic mass is 32.2. The van der Waals surface area contributed by atoms with Gasteiger partial charge in [0.25, 0.3) is 11.8 Å². The first-order valence-corrected chi connectivity index (χ1v) is 16.9. The number of thiazole rings is 1. The largest absolute Gasteiger partial charge is 0.543 e. The Balaban J connectivity index is 1.32. The van der Waals surface area contributed by atoms with Crippen LogP contribution in [0.5, 0.6) is 0 Å². The van der Waals surface area contributed by atoms with Gasteiger partial charge >= 0.3 is 0 Å². The molecule has 0 radical (unpaired) electrons. The van der Waals surface area contributed by atoms with Gasteiger partial charge in [0.1, 0.15) is 23.2 Å². The minimum absolute atomic E-state index is 0.0780. The second kappa shape index (κ2) is 13.5. The van der Waals surface area contributed by atoms with Crippen molar-refractivity contribution in [1.29, 1.82) is 0 Å². The number of aliphatic carboxylic acids is 1. The summed E-state index contributed by atoms with van der Waals surface area (Å²) in [5.74, 6) is -0.686. The van der Waals surface area contributed by atoms with Gasteiger partial charge in [-0.15, -0.1) is 23.1 Å². The number of β-lactam (4-membered cyclic amide) rings is 1. The van der Waals surface area contributed by atoms with E-state index in [-0.39, 0.29) is 28.3 Å². The predicted molar refractivity (Wildman–Crippen MR) is 157 cm³/mol. The molecule has 4 heterocycles. The molecule has 41 heavy (non-hydrogen) atoms. The second-order valence-corrected chi connectivity index (χ2v) is 13.7. The minimum atomic E-state index is -1.44. The number of carboxylic acids is 1. The average Bonchev–Trinajstić information content (AvgIpc) is 3.64. The Morgan fingerprint density at radius 2 is 2.15 bits per heavy atom. The van der Waals surface area contributed by atoms with Crippen LogP contribution < -0.4 is 21.9 Å². The number of hydrogen-bond acceptors (Lipinski definition) is 13. The zero-order valence-corrected chi connectivity index (χ0v) is 25.2. The van der Waals surface area contributed by atoms with Crippen molar-refractivity contribution < 1.29 is 30.1 Å². The van der Waals surface area contributed by atoms with E-state index in [4.69, 9.17) is 10.6 Å². The maximum absolute atomic E-state index is 13.3. The molecule has 0 bridgehead atoms. The number of nitrogens with zero attached hydrogens (tertiary/aromatic N) is 4. The zero-order valence-electron chi connectivity index (χ0n) is 21.9. The highest BCUT2D eigenvalue weighted by molar-refractivity contribution is 8.06. The lowest BCUT2D eigenvalue weighted by atomic mass is 10.0. The maximum atomic E-state index is 13.3. The number of nitrogens with two attached hydrogens (primary N) is 1. The third-order valence-corrected chi connectivity index (χ3v) is 11.1. The number of quaternary nitrogens is 1.